The molecule has 108 valence electrons. The van der Waals surface area contributed by atoms with Gasteiger partial charge in [0, 0.05) is 16.5 Å². The molecule has 0 saturated heterocycles. The molecule has 1 fully saturated rings. The summed E-state index contributed by atoms with van der Waals surface area (Å²) in [5.74, 6) is -1.08. The second kappa shape index (κ2) is 6.79. The van der Waals surface area contributed by atoms with E-state index in [9.17, 15) is 9.59 Å². The van der Waals surface area contributed by atoms with E-state index >= 15 is 0 Å². The summed E-state index contributed by atoms with van der Waals surface area (Å²) < 4.78 is 0. The molecule has 1 aliphatic rings. The summed E-state index contributed by atoms with van der Waals surface area (Å²) in [7, 11) is 0. The van der Waals surface area contributed by atoms with Crippen molar-refractivity contribution in [2.75, 3.05) is 11.6 Å². The van der Waals surface area contributed by atoms with Gasteiger partial charge in [0.1, 0.15) is 0 Å². The number of hydrogen-bond donors (Lipinski definition) is 2. The number of carboxylic acids is 1. The Kier molecular flexibility index (Phi) is 5.06. The van der Waals surface area contributed by atoms with Crippen LogP contribution in [0.3, 0.4) is 0 Å². The van der Waals surface area contributed by atoms with Gasteiger partial charge < -0.3 is 10.4 Å². The highest BCUT2D eigenvalue weighted by molar-refractivity contribution is 7.98. The van der Waals surface area contributed by atoms with Gasteiger partial charge in [0.2, 0.25) is 5.91 Å². The maximum atomic E-state index is 12.2. The SMILES string of the molecule is CSc1cccc(NC(=O)C2CCC(C(=O)O)CC2)c1. The highest BCUT2D eigenvalue weighted by Crippen LogP contribution is 2.30. The number of carbonyl (C=O) groups is 2. The van der Waals surface area contributed by atoms with Crippen molar-refractivity contribution >= 4 is 29.3 Å². The zero-order chi connectivity index (χ0) is 14.5. The number of carboxylic acid groups (broad SMARTS) is 1. The van der Waals surface area contributed by atoms with Crippen LogP contribution in [0, 0.1) is 11.8 Å². The highest BCUT2D eigenvalue weighted by atomic mass is 32.2. The van der Waals surface area contributed by atoms with Gasteiger partial charge in [-0.2, -0.15) is 0 Å². The minimum atomic E-state index is -0.739. The van der Waals surface area contributed by atoms with Gasteiger partial charge in [0.25, 0.3) is 0 Å². The molecule has 1 aromatic carbocycles. The molecule has 1 saturated carbocycles. The number of rotatable bonds is 4. The molecular weight excluding hydrogens is 274 g/mol. The third-order valence-corrected chi connectivity index (χ3v) is 4.51. The van der Waals surface area contributed by atoms with E-state index in [0.29, 0.717) is 25.7 Å². The van der Waals surface area contributed by atoms with Crippen LogP contribution in [0.2, 0.25) is 0 Å². The topological polar surface area (TPSA) is 66.4 Å². The van der Waals surface area contributed by atoms with Crippen molar-refractivity contribution in [3.63, 3.8) is 0 Å². The van der Waals surface area contributed by atoms with E-state index in [0.717, 1.165) is 10.6 Å². The molecule has 20 heavy (non-hydrogen) atoms. The number of nitrogens with one attached hydrogen (secondary N) is 1. The second-order valence-electron chi connectivity index (χ2n) is 5.11. The summed E-state index contributed by atoms with van der Waals surface area (Å²) in [6, 6.07) is 7.74. The predicted molar refractivity (Wildman–Crippen MR) is 79.9 cm³/mol. The van der Waals surface area contributed by atoms with Gasteiger partial charge in [0.05, 0.1) is 5.92 Å². The van der Waals surface area contributed by atoms with E-state index in [-0.39, 0.29) is 17.7 Å². The quantitative estimate of drug-likeness (QED) is 0.836. The van der Waals surface area contributed by atoms with E-state index in [1.165, 1.54) is 0 Å². The molecule has 1 aromatic rings. The Hall–Kier alpha value is -1.49. The molecule has 2 N–H and O–H groups in total. The number of benzene rings is 1. The van der Waals surface area contributed by atoms with Gasteiger partial charge in [-0.1, -0.05) is 6.07 Å². The number of amides is 1. The van der Waals surface area contributed by atoms with Crippen LogP contribution in [0.4, 0.5) is 5.69 Å². The van der Waals surface area contributed by atoms with Crippen LogP contribution < -0.4 is 5.32 Å². The summed E-state index contributed by atoms with van der Waals surface area (Å²) in [5, 5.41) is 11.9. The number of anilines is 1. The van der Waals surface area contributed by atoms with E-state index in [1.54, 1.807) is 11.8 Å². The Morgan fingerprint density at radius 3 is 2.45 bits per heavy atom. The van der Waals surface area contributed by atoms with Crippen molar-refractivity contribution in [1.82, 2.24) is 0 Å². The summed E-state index contributed by atoms with van der Waals surface area (Å²) in [4.78, 5) is 24.2. The average molecular weight is 293 g/mol. The maximum Gasteiger partial charge on any atom is 0.306 e. The Morgan fingerprint density at radius 2 is 1.85 bits per heavy atom. The number of thioether (sulfide) groups is 1. The summed E-state index contributed by atoms with van der Waals surface area (Å²) in [6.45, 7) is 0. The Labute approximate surface area is 123 Å². The van der Waals surface area contributed by atoms with Gasteiger partial charge >= 0.3 is 5.97 Å². The minimum absolute atomic E-state index is 0.00657. The standard InChI is InChI=1S/C15H19NO3S/c1-20-13-4-2-3-12(9-13)16-14(17)10-5-7-11(8-6-10)15(18)19/h2-4,9-11H,5-8H2,1H3,(H,16,17)(H,18,19). The predicted octanol–water partition coefficient (Wildman–Crippen LogP) is 3.24. The molecule has 0 radical (unpaired) electrons. The fraction of sp³-hybridized carbons (Fsp3) is 0.467. The van der Waals surface area contributed by atoms with Crippen molar-refractivity contribution in [1.29, 1.82) is 0 Å². The molecule has 0 unspecified atom stereocenters. The molecule has 5 heteroatoms. The van der Waals surface area contributed by atoms with E-state index in [1.807, 2.05) is 30.5 Å². The normalized spacial score (nSPS) is 22.2. The van der Waals surface area contributed by atoms with Gasteiger partial charge in [-0.3, -0.25) is 9.59 Å². The lowest BCUT2D eigenvalue weighted by molar-refractivity contribution is -0.143. The van der Waals surface area contributed by atoms with Crippen LogP contribution in [0.1, 0.15) is 25.7 Å². The molecule has 4 nitrogen and oxygen atoms in total. The van der Waals surface area contributed by atoms with Crippen LogP contribution in [-0.4, -0.2) is 23.2 Å². The number of carbonyl (C=O) groups excluding carboxylic acids is 1. The van der Waals surface area contributed by atoms with Crippen LogP contribution in [-0.2, 0) is 9.59 Å². The molecule has 0 aromatic heterocycles. The zero-order valence-electron chi connectivity index (χ0n) is 11.5. The van der Waals surface area contributed by atoms with E-state index in [4.69, 9.17) is 5.11 Å². The number of hydrogen-bond acceptors (Lipinski definition) is 3. The Balaban J connectivity index is 1.91. The van der Waals surface area contributed by atoms with E-state index in [2.05, 4.69) is 5.32 Å². The van der Waals surface area contributed by atoms with Gasteiger partial charge in [-0.25, -0.2) is 0 Å². The van der Waals surface area contributed by atoms with Crippen molar-refractivity contribution in [2.45, 2.75) is 30.6 Å². The van der Waals surface area contributed by atoms with Crippen LogP contribution in [0.5, 0.6) is 0 Å². The smallest absolute Gasteiger partial charge is 0.306 e. The van der Waals surface area contributed by atoms with Gasteiger partial charge in [-0.15, -0.1) is 11.8 Å². The summed E-state index contributed by atoms with van der Waals surface area (Å²) >= 11 is 1.63. The molecule has 0 atom stereocenters. The fourth-order valence-corrected chi connectivity index (χ4v) is 3.01. The summed E-state index contributed by atoms with van der Waals surface area (Å²) in [5.41, 5.74) is 0.808. The molecule has 2 rings (SSSR count). The lowest BCUT2D eigenvalue weighted by Gasteiger charge is -2.25. The van der Waals surface area contributed by atoms with Crippen LogP contribution in [0.15, 0.2) is 29.2 Å². The molecule has 0 spiro atoms. The fourth-order valence-electron chi connectivity index (χ4n) is 2.55. The molecule has 0 bridgehead atoms. The zero-order valence-corrected chi connectivity index (χ0v) is 12.3. The first-order valence-corrected chi connectivity index (χ1v) is 8.00. The minimum Gasteiger partial charge on any atom is -0.481 e. The summed E-state index contributed by atoms with van der Waals surface area (Å²) in [6.07, 6.45) is 4.50. The number of aliphatic carboxylic acids is 1. The van der Waals surface area contributed by atoms with Crippen LogP contribution >= 0.6 is 11.8 Å². The Morgan fingerprint density at radius 1 is 1.20 bits per heavy atom. The van der Waals surface area contributed by atoms with E-state index < -0.39 is 5.97 Å². The van der Waals surface area contributed by atoms with Crippen molar-refractivity contribution in [3.8, 4) is 0 Å². The van der Waals surface area contributed by atoms with Crippen molar-refractivity contribution < 1.29 is 14.7 Å². The Bertz CT molecular complexity index is 496. The van der Waals surface area contributed by atoms with Crippen molar-refractivity contribution in [3.05, 3.63) is 24.3 Å². The monoisotopic (exact) mass is 293 g/mol. The first kappa shape index (κ1) is 14.9. The molecular formula is C15H19NO3S. The molecule has 0 aliphatic heterocycles. The lowest BCUT2D eigenvalue weighted by Crippen LogP contribution is -2.29. The first-order chi connectivity index (χ1) is 9.60. The van der Waals surface area contributed by atoms with Gasteiger partial charge in [0.15, 0.2) is 0 Å². The lowest BCUT2D eigenvalue weighted by atomic mass is 9.81. The van der Waals surface area contributed by atoms with Crippen LogP contribution in [0.25, 0.3) is 0 Å². The maximum absolute atomic E-state index is 12.2. The third-order valence-electron chi connectivity index (χ3n) is 3.78. The average Bonchev–Trinajstić information content (AvgIpc) is 2.47. The third kappa shape index (κ3) is 3.76. The first-order valence-electron chi connectivity index (χ1n) is 6.78. The molecule has 1 amide bonds. The second-order valence-corrected chi connectivity index (χ2v) is 5.99. The van der Waals surface area contributed by atoms with Gasteiger partial charge in [-0.05, 0) is 50.1 Å². The van der Waals surface area contributed by atoms with Crippen molar-refractivity contribution in [2.24, 2.45) is 11.8 Å². The highest BCUT2D eigenvalue weighted by Gasteiger charge is 2.29. The molecule has 0 heterocycles. The molecule has 1 aliphatic carbocycles. The largest absolute Gasteiger partial charge is 0.481 e.